The van der Waals surface area contributed by atoms with E-state index in [4.69, 9.17) is 0 Å². The number of aliphatic hydroxyl groups is 1. The molecule has 6 nitrogen and oxygen atoms in total. The van der Waals surface area contributed by atoms with Crippen LogP contribution in [0.25, 0.3) is 0 Å². The van der Waals surface area contributed by atoms with Crippen LogP contribution in [-0.4, -0.2) is 38.3 Å². The van der Waals surface area contributed by atoms with E-state index in [2.05, 4.69) is 10.6 Å². The molecule has 0 radical (unpaired) electrons. The average molecular weight is 531 g/mol. The molecule has 0 saturated heterocycles. The molecule has 0 saturated carbocycles. The van der Waals surface area contributed by atoms with E-state index in [0.717, 1.165) is 11.1 Å². The van der Waals surface area contributed by atoms with Crippen LogP contribution < -0.4 is 10.6 Å². The van der Waals surface area contributed by atoms with Gasteiger partial charge in [-0.2, -0.15) is 0 Å². The Labute approximate surface area is 216 Å². The second-order valence-corrected chi connectivity index (χ2v) is 11.3. The van der Waals surface area contributed by atoms with Gasteiger partial charge in [-0.25, -0.2) is 17.2 Å². The zero-order chi connectivity index (χ0) is 27.0. The topological polar surface area (TPSA) is 95.5 Å². The molecule has 37 heavy (non-hydrogen) atoms. The number of nitrogens with one attached hydrogen (secondary N) is 2. The van der Waals surface area contributed by atoms with Crippen LogP contribution in [-0.2, 0) is 22.8 Å². The van der Waals surface area contributed by atoms with Gasteiger partial charge in [-0.15, -0.1) is 0 Å². The molecule has 0 aromatic heterocycles. The number of amides is 1. The Bertz CT molecular complexity index is 1300. The summed E-state index contributed by atoms with van der Waals surface area (Å²) in [7, 11) is -3.37. The van der Waals surface area contributed by atoms with Crippen LogP contribution >= 0.6 is 0 Å². The summed E-state index contributed by atoms with van der Waals surface area (Å²) in [5.41, 5.74) is 2.08. The maximum Gasteiger partial charge on any atom is 0.254 e. The Balaban J connectivity index is 1.57. The van der Waals surface area contributed by atoms with Crippen molar-refractivity contribution in [1.29, 1.82) is 0 Å². The van der Waals surface area contributed by atoms with Crippen molar-refractivity contribution in [3.05, 3.63) is 101 Å². The highest BCUT2D eigenvalue weighted by molar-refractivity contribution is 7.91. The third-order valence-corrected chi connectivity index (χ3v) is 7.86. The molecule has 198 valence electrons. The van der Waals surface area contributed by atoms with Crippen molar-refractivity contribution in [3.8, 4) is 0 Å². The number of aliphatic hydroxyl groups excluding tert-OH is 1. The summed E-state index contributed by atoms with van der Waals surface area (Å²) in [6.07, 6.45) is 0.599. The van der Waals surface area contributed by atoms with Gasteiger partial charge < -0.3 is 15.7 Å². The molecular weight excluding hydrogens is 498 g/mol. The van der Waals surface area contributed by atoms with Gasteiger partial charge in [0, 0.05) is 6.54 Å². The van der Waals surface area contributed by atoms with Crippen LogP contribution in [0.1, 0.15) is 46.9 Å². The number of carbonyl (C=O) groups is 1. The van der Waals surface area contributed by atoms with Gasteiger partial charge in [0.25, 0.3) is 5.91 Å². The Morgan fingerprint density at radius 3 is 2.22 bits per heavy atom. The van der Waals surface area contributed by atoms with Gasteiger partial charge in [0.05, 0.1) is 28.9 Å². The first kappa shape index (κ1) is 28.4. The number of carbonyl (C=O) groups excluding carboxylic acids is 1. The maximum absolute atomic E-state index is 14.8. The molecule has 3 N–H and O–H groups in total. The molecular formula is C28H32F2N2O4S. The molecule has 3 aromatic rings. The molecule has 0 heterocycles. The molecule has 9 heteroatoms. The summed E-state index contributed by atoms with van der Waals surface area (Å²) in [6, 6.07) is 15.8. The van der Waals surface area contributed by atoms with E-state index in [0.29, 0.717) is 25.1 Å². The first-order chi connectivity index (χ1) is 17.6. The Morgan fingerprint density at radius 2 is 1.62 bits per heavy atom. The van der Waals surface area contributed by atoms with Gasteiger partial charge in [-0.05, 0) is 72.0 Å². The summed E-state index contributed by atoms with van der Waals surface area (Å²) >= 11 is 0. The first-order valence-electron chi connectivity index (χ1n) is 12.1. The number of hydrogen-bond donors (Lipinski definition) is 3. The highest BCUT2D eigenvalue weighted by Gasteiger charge is 2.19. The van der Waals surface area contributed by atoms with E-state index in [1.807, 2.05) is 6.92 Å². The minimum Gasteiger partial charge on any atom is -0.394 e. The van der Waals surface area contributed by atoms with Gasteiger partial charge in [-0.1, -0.05) is 44.2 Å². The second-order valence-electron chi connectivity index (χ2n) is 9.06. The van der Waals surface area contributed by atoms with Crippen molar-refractivity contribution in [2.45, 2.75) is 37.8 Å². The van der Waals surface area contributed by atoms with Crippen LogP contribution in [0, 0.1) is 17.6 Å². The second kappa shape index (κ2) is 12.9. The highest BCUT2D eigenvalue weighted by atomic mass is 32.2. The normalized spacial score (nSPS) is 13.2. The summed E-state index contributed by atoms with van der Waals surface area (Å²) in [5, 5.41) is 15.7. The van der Waals surface area contributed by atoms with Gasteiger partial charge >= 0.3 is 0 Å². The fourth-order valence-corrected chi connectivity index (χ4v) is 4.84. The standard InChI is InChI=1S/C28H32F2N2O4S/c1-3-37(35,36)24-11-7-22(8-12-24)27(18-33)32-28(34)25-13-6-21(15-26(25)30)14-19(2)16-31-17-20-4-9-23(29)10-5-20/h4-13,15,19,27,31,33H,3,14,16-18H2,1-2H3,(H,32,34)/t19?,27-/m0/s1. The van der Waals surface area contributed by atoms with Crippen molar-refractivity contribution >= 4 is 15.7 Å². The molecule has 0 spiro atoms. The third kappa shape index (κ3) is 7.92. The third-order valence-electron chi connectivity index (χ3n) is 6.11. The number of halogens is 2. The summed E-state index contributed by atoms with van der Waals surface area (Å²) < 4.78 is 51.8. The minimum absolute atomic E-state index is 0.0347. The highest BCUT2D eigenvalue weighted by Crippen LogP contribution is 2.19. The monoisotopic (exact) mass is 530 g/mol. The zero-order valence-corrected chi connectivity index (χ0v) is 21.7. The van der Waals surface area contributed by atoms with Crippen LogP contribution in [0.2, 0.25) is 0 Å². The Morgan fingerprint density at radius 1 is 0.973 bits per heavy atom. The quantitative estimate of drug-likeness (QED) is 0.326. The van der Waals surface area contributed by atoms with Gasteiger partial charge in [-0.3, -0.25) is 4.79 Å². The van der Waals surface area contributed by atoms with Crippen molar-refractivity contribution in [1.82, 2.24) is 10.6 Å². The van der Waals surface area contributed by atoms with E-state index in [1.54, 1.807) is 25.1 Å². The minimum atomic E-state index is -3.37. The molecule has 0 fully saturated rings. The van der Waals surface area contributed by atoms with Gasteiger partial charge in [0.15, 0.2) is 9.84 Å². The van der Waals surface area contributed by atoms with E-state index in [9.17, 15) is 27.1 Å². The fraction of sp³-hybridized carbons (Fsp3) is 0.321. The predicted octanol–water partition coefficient (Wildman–Crippen LogP) is 4.19. The number of sulfone groups is 1. The van der Waals surface area contributed by atoms with Crippen molar-refractivity contribution in [2.24, 2.45) is 5.92 Å². The molecule has 0 aliphatic carbocycles. The molecule has 3 rings (SSSR count). The largest absolute Gasteiger partial charge is 0.394 e. The molecule has 0 bridgehead atoms. The van der Waals surface area contributed by atoms with Crippen molar-refractivity contribution in [3.63, 3.8) is 0 Å². The molecule has 1 unspecified atom stereocenters. The molecule has 0 aliphatic heterocycles. The number of rotatable bonds is 12. The Hall–Kier alpha value is -3.14. The van der Waals surface area contributed by atoms with Crippen molar-refractivity contribution < 1.29 is 27.1 Å². The number of hydrogen-bond acceptors (Lipinski definition) is 5. The molecule has 2 atom stereocenters. The molecule has 0 aliphatic rings. The number of benzene rings is 3. The lowest BCUT2D eigenvalue weighted by Gasteiger charge is -2.18. The SMILES string of the molecule is CCS(=O)(=O)c1ccc([C@H](CO)NC(=O)c2ccc(CC(C)CNCc3ccc(F)cc3)cc2F)cc1. The lowest BCUT2D eigenvalue weighted by atomic mass is 9.99. The van der Waals surface area contributed by atoms with E-state index < -0.39 is 34.2 Å². The fourth-order valence-electron chi connectivity index (χ4n) is 3.95. The summed E-state index contributed by atoms with van der Waals surface area (Å²) in [6.45, 7) is 4.42. The van der Waals surface area contributed by atoms with Crippen LogP contribution in [0.4, 0.5) is 8.78 Å². The zero-order valence-electron chi connectivity index (χ0n) is 20.9. The van der Waals surface area contributed by atoms with Crippen LogP contribution in [0.5, 0.6) is 0 Å². The van der Waals surface area contributed by atoms with Crippen LogP contribution in [0.3, 0.4) is 0 Å². The predicted molar refractivity (Wildman–Crippen MR) is 139 cm³/mol. The first-order valence-corrected chi connectivity index (χ1v) is 13.8. The van der Waals surface area contributed by atoms with Gasteiger partial charge in [0.1, 0.15) is 11.6 Å². The summed E-state index contributed by atoms with van der Waals surface area (Å²) in [5.74, 6) is -1.46. The van der Waals surface area contributed by atoms with Gasteiger partial charge in [0.2, 0.25) is 0 Å². The summed E-state index contributed by atoms with van der Waals surface area (Å²) in [4.78, 5) is 12.9. The lowest BCUT2D eigenvalue weighted by molar-refractivity contribution is 0.0912. The Kier molecular flexibility index (Phi) is 9.91. The van der Waals surface area contributed by atoms with Crippen LogP contribution in [0.15, 0.2) is 71.6 Å². The smallest absolute Gasteiger partial charge is 0.254 e. The van der Waals surface area contributed by atoms with Crippen molar-refractivity contribution in [2.75, 3.05) is 18.9 Å². The molecule has 3 aromatic carbocycles. The lowest BCUT2D eigenvalue weighted by Crippen LogP contribution is -2.31. The van der Waals surface area contributed by atoms with E-state index in [-0.39, 0.29) is 27.9 Å². The average Bonchev–Trinajstić information content (AvgIpc) is 2.88. The van der Waals surface area contributed by atoms with E-state index >= 15 is 0 Å². The maximum atomic E-state index is 14.8. The van der Waals surface area contributed by atoms with E-state index in [1.165, 1.54) is 48.5 Å². The molecule has 1 amide bonds.